The third-order valence-electron chi connectivity index (χ3n) is 3.06. The van der Waals surface area contributed by atoms with Gasteiger partial charge >= 0.3 is 12.1 Å². The van der Waals surface area contributed by atoms with E-state index in [4.69, 9.17) is 9.47 Å². The summed E-state index contributed by atoms with van der Waals surface area (Å²) in [7, 11) is 1.56. The molecule has 0 aliphatic carbocycles. The van der Waals surface area contributed by atoms with Gasteiger partial charge in [-0.1, -0.05) is 0 Å². The smallest absolute Gasteiger partial charge is 0.427 e. The summed E-state index contributed by atoms with van der Waals surface area (Å²) in [4.78, 5) is 23.1. The lowest BCUT2D eigenvalue weighted by atomic mass is 10.2. The molecule has 2 aromatic carbocycles. The summed E-state index contributed by atoms with van der Waals surface area (Å²) >= 11 is 0. The van der Waals surface area contributed by atoms with Crippen molar-refractivity contribution in [3.8, 4) is 11.5 Å². The number of rotatable bonds is 6. The highest BCUT2D eigenvalue weighted by Gasteiger charge is 2.08. The number of nitrogens with zero attached hydrogens (tertiary/aromatic N) is 1. The van der Waals surface area contributed by atoms with Gasteiger partial charge in [-0.3, -0.25) is 0 Å². The standard InChI is InChI=1S/C18H18N2O5/c1-3-24-18(22)20-19-12-13-4-8-16(9-5-13)25-17(21)14-6-10-15(23-2)11-7-14/h4-12H,3H2,1-2H3,(H,20,22)/b19-12+. The number of amides is 1. The molecule has 0 spiro atoms. The first-order valence-electron chi connectivity index (χ1n) is 7.54. The quantitative estimate of drug-likeness (QED) is 0.377. The minimum Gasteiger partial charge on any atom is -0.497 e. The second-order valence-electron chi connectivity index (χ2n) is 4.78. The third-order valence-corrected chi connectivity index (χ3v) is 3.06. The van der Waals surface area contributed by atoms with Gasteiger partial charge in [0.05, 0.1) is 25.5 Å². The summed E-state index contributed by atoms with van der Waals surface area (Å²) in [6.45, 7) is 1.98. The largest absolute Gasteiger partial charge is 0.497 e. The highest BCUT2D eigenvalue weighted by Crippen LogP contribution is 2.16. The molecule has 0 heterocycles. The van der Waals surface area contributed by atoms with Crippen LogP contribution in [-0.2, 0) is 4.74 Å². The molecule has 0 saturated heterocycles. The maximum absolute atomic E-state index is 12.1. The molecule has 0 aromatic heterocycles. The first kappa shape index (κ1) is 18.0. The monoisotopic (exact) mass is 342 g/mol. The van der Waals surface area contributed by atoms with Crippen LogP contribution < -0.4 is 14.9 Å². The van der Waals surface area contributed by atoms with E-state index in [2.05, 4.69) is 15.3 Å². The molecule has 1 N–H and O–H groups in total. The molecule has 130 valence electrons. The van der Waals surface area contributed by atoms with Gasteiger partial charge in [-0.25, -0.2) is 15.0 Å². The molecule has 0 fully saturated rings. The number of hydrazone groups is 1. The Bertz CT molecular complexity index is 739. The summed E-state index contributed by atoms with van der Waals surface area (Å²) in [6.07, 6.45) is 0.829. The molecule has 1 amide bonds. The van der Waals surface area contributed by atoms with Crippen LogP contribution in [0.15, 0.2) is 53.6 Å². The van der Waals surface area contributed by atoms with Crippen LogP contribution in [0.3, 0.4) is 0 Å². The molecule has 0 saturated carbocycles. The summed E-state index contributed by atoms with van der Waals surface area (Å²) in [5.41, 5.74) is 3.37. The van der Waals surface area contributed by atoms with Crippen LogP contribution in [-0.4, -0.2) is 32.0 Å². The van der Waals surface area contributed by atoms with Gasteiger partial charge in [0.15, 0.2) is 0 Å². The van der Waals surface area contributed by atoms with Gasteiger partial charge in [0.2, 0.25) is 0 Å². The Morgan fingerprint density at radius 1 is 1.04 bits per heavy atom. The number of nitrogens with one attached hydrogen (secondary N) is 1. The number of esters is 1. The molecule has 2 aromatic rings. The molecule has 0 bridgehead atoms. The second kappa shape index (κ2) is 9.07. The first-order chi connectivity index (χ1) is 12.1. The molecule has 0 aliphatic rings. The zero-order valence-electron chi connectivity index (χ0n) is 13.9. The molecule has 7 nitrogen and oxygen atoms in total. The van der Waals surface area contributed by atoms with Crippen molar-refractivity contribution in [2.45, 2.75) is 6.92 Å². The fourth-order valence-corrected chi connectivity index (χ4v) is 1.84. The van der Waals surface area contributed by atoms with E-state index >= 15 is 0 Å². The van der Waals surface area contributed by atoms with Crippen LogP contribution in [0.1, 0.15) is 22.8 Å². The summed E-state index contributed by atoms with van der Waals surface area (Å²) in [5, 5.41) is 3.75. The summed E-state index contributed by atoms with van der Waals surface area (Å²) in [5.74, 6) is 0.598. The predicted octanol–water partition coefficient (Wildman–Crippen LogP) is 2.99. The van der Waals surface area contributed by atoms with Crippen LogP contribution in [0.2, 0.25) is 0 Å². The van der Waals surface area contributed by atoms with E-state index in [0.717, 1.165) is 5.56 Å². The fraction of sp³-hybridized carbons (Fsp3) is 0.167. The number of hydrogen-bond acceptors (Lipinski definition) is 6. The van der Waals surface area contributed by atoms with Crippen molar-refractivity contribution in [2.24, 2.45) is 5.10 Å². The first-order valence-corrected chi connectivity index (χ1v) is 7.54. The van der Waals surface area contributed by atoms with Gasteiger partial charge in [0.1, 0.15) is 11.5 Å². The number of carbonyl (C=O) groups is 2. The zero-order valence-corrected chi connectivity index (χ0v) is 13.9. The van der Waals surface area contributed by atoms with Gasteiger partial charge in [-0.15, -0.1) is 0 Å². The average molecular weight is 342 g/mol. The van der Waals surface area contributed by atoms with E-state index in [1.165, 1.54) is 6.21 Å². The predicted molar refractivity (Wildman–Crippen MR) is 92.1 cm³/mol. The maximum atomic E-state index is 12.1. The van der Waals surface area contributed by atoms with Crippen LogP contribution >= 0.6 is 0 Å². The molecular weight excluding hydrogens is 324 g/mol. The Kier molecular flexibility index (Phi) is 6.53. The maximum Gasteiger partial charge on any atom is 0.427 e. The van der Waals surface area contributed by atoms with Crippen molar-refractivity contribution in [3.63, 3.8) is 0 Å². The number of carbonyl (C=O) groups excluding carboxylic acids is 2. The van der Waals surface area contributed by atoms with Crippen LogP contribution in [0.4, 0.5) is 4.79 Å². The van der Waals surface area contributed by atoms with E-state index in [9.17, 15) is 9.59 Å². The Morgan fingerprint density at radius 3 is 2.28 bits per heavy atom. The minimum absolute atomic E-state index is 0.273. The Balaban J connectivity index is 1.91. The van der Waals surface area contributed by atoms with Crippen molar-refractivity contribution in [1.82, 2.24) is 5.43 Å². The molecular formula is C18H18N2O5. The Hall–Kier alpha value is -3.35. The Labute approximate surface area is 145 Å². The number of benzene rings is 2. The highest BCUT2D eigenvalue weighted by atomic mass is 16.6. The zero-order chi connectivity index (χ0) is 18.1. The summed E-state index contributed by atoms with van der Waals surface area (Å²) in [6, 6.07) is 13.3. The summed E-state index contributed by atoms with van der Waals surface area (Å²) < 4.78 is 15.0. The van der Waals surface area contributed by atoms with Crippen molar-refractivity contribution in [3.05, 3.63) is 59.7 Å². The molecule has 0 radical (unpaired) electrons. The van der Waals surface area contributed by atoms with Crippen molar-refractivity contribution >= 4 is 18.3 Å². The fourth-order valence-electron chi connectivity index (χ4n) is 1.84. The number of hydrogen-bond donors (Lipinski definition) is 1. The van der Waals surface area contributed by atoms with Gasteiger partial charge in [-0.05, 0) is 61.0 Å². The SMILES string of the molecule is CCOC(=O)N/N=C/c1ccc(OC(=O)c2ccc(OC)cc2)cc1. The molecule has 7 heteroatoms. The van der Waals surface area contributed by atoms with E-state index < -0.39 is 12.1 Å². The van der Waals surface area contributed by atoms with E-state index in [-0.39, 0.29) is 6.61 Å². The molecule has 25 heavy (non-hydrogen) atoms. The second-order valence-corrected chi connectivity index (χ2v) is 4.78. The van der Waals surface area contributed by atoms with E-state index in [1.54, 1.807) is 62.6 Å². The van der Waals surface area contributed by atoms with Gasteiger partial charge in [0.25, 0.3) is 0 Å². The van der Waals surface area contributed by atoms with E-state index in [0.29, 0.717) is 17.1 Å². The molecule has 2 rings (SSSR count). The van der Waals surface area contributed by atoms with Crippen LogP contribution in [0.5, 0.6) is 11.5 Å². The normalized spacial score (nSPS) is 10.3. The van der Waals surface area contributed by atoms with Crippen molar-refractivity contribution in [2.75, 3.05) is 13.7 Å². The van der Waals surface area contributed by atoms with Crippen molar-refractivity contribution in [1.29, 1.82) is 0 Å². The van der Waals surface area contributed by atoms with Gasteiger partial charge in [-0.2, -0.15) is 5.10 Å². The highest BCUT2D eigenvalue weighted by molar-refractivity contribution is 5.91. The molecule has 0 aliphatic heterocycles. The van der Waals surface area contributed by atoms with Crippen molar-refractivity contribution < 1.29 is 23.8 Å². The lowest BCUT2D eigenvalue weighted by Crippen LogP contribution is -2.18. The Morgan fingerprint density at radius 2 is 1.68 bits per heavy atom. The van der Waals surface area contributed by atoms with Gasteiger partial charge < -0.3 is 14.2 Å². The third kappa shape index (κ3) is 5.65. The van der Waals surface area contributed by atoms with Crippen LogP contribution in [0, 0.1) is 0 Å². The molecule has 0 unspecified atom stereocenters. The van der Waals surface area contributed by atoms with Crippen LogP contribution in [0.25, 0.3) is 0 Å². The number of ether oxygens (including phenoxy) is 3. The molecule has 0 atom stereocenters. The lowest BCUT2D eigenvalue weighted by molar-refractivity contribution is 0.0734. The van der Waals surface area contributed by atoms with Gasteiger partial charge in [0, 0.05) is 0 Å². The average Bonchev–Trinajstić information content (AvgIpc) is 2.63. The van der Waals surface area contributed by atoms with E-state index in [1.807, 2.05) is 0 Å². The minimum atomic E-state index is -0.621. The number of methoxy groups -OCH3 is 1. The topological polar surface area (TPSA) is 86.2 Å². The lowest BCUT2D eigenvalue weighted by Gasteiger charge is -2.05.